The molecule has 1 aliphatic heterocycles. The van der Waals surface area contributed by atoms with Gasteiger partial charge in [0.05, 0.1) is 29.4 Å². The number of likely N-dealkylation sites (tertiary alicyclic amines) is 1. The number of methoxy groups -OCH3 is 1. The van der Waals surface area contributed by atoms with Crippen LogP contribution in [-0.4, -0.2) is 48.1 Å². The second-order valence-electron chi connectivity index (χ2n) is 8.64. The third kappa shape index (κ3) is 5.39. The van der Waals surface area contributed by atoms with Gasteiger partial charge in [0.15, 0.2) is 0 Å². The standard InChI is InChI=1S/C24H33N3O3S/c1-16(22-15-31-17(2)26-22)25-24(28)21-14-20(29-3)8-9-23(21)30-19-10-12-27(13-11-19)18-6-4-5-7-18/h8-9,14-16,18-19H,4-7,10-13H2,1-3H3,(H,25,28)/t16-/m0/s1. The number of nitrogens with zero attached hydrogens (tertiary/aromatic N) is 2. The van der Waals surface area contributed by atoms with Crippen LogP contribution in [-0.2, 0) is 0 Å². The maximum atomic E-state index is 13.1. The number of aromatic nitrogens is 1. The fourth-order valence-electron chi connectivity index (χ4n) is 4.65. The van der Waals surface area contributed by atoms with Gasteiger partial charge >= 0.3 is 0 Å². The Morgan fingerprint density at radius 1 is 1.23 bits per heavy atom. The first-order valence-corrected chi connectivity index (χ1v) is 12.2. The molecule has 1 aromatic carbocycles. The van der Waals surface area contributed by atoms with Crippen molar-refractivity contribution < 1.29 is 14.3 Å². The van der Waals surface area contributed by atoms with Crippen LogP contribution in [0.3, 0.4) is 0 Å². The molecule has 168 valence electrons. The van der Waals surface area contributed by atoms with E-state index in [1.54, 1.807) is 24.5 Å². The summed E-state index contributed by atoms with van der Waals surface area (Å²) in [6.45, 7) is 6.07. The summed E-state index contributed by atoms with van der Waals surface area (Å²) < 4.78 is 11.7. The number of hydrogen-bond donors (Lipinski definition) is 1. The van der Waals surface area contributed by atoms with E-state index >= 15 is 0 Å². The van der Waals surface area contributed by atoms with Crippen LogP contribution >= 0.6 is 11.3 Å². The molecule has 2 fully saturated rings. The second-order valence-corrected chi connectivity index (χ2v) is 9.70. The van der Waals surface area contributed by atoms with Crippen molar-refractivity contribution in [3.8, 4) is 11.5 Å². The lowest BCUT2D eigenvalue weighted by Crippen LogP contribution is -2.43. The molecule has 2 aromatic rings. The number of amides is 1. The maximum absolute atomic E-state index is 13.1. The fourth-order valence-corrected chi connectivity index (χ4v) is 5.36. The highest BCUT2D eigenvalue weighted by atomic mass is 32.1. The molecule has 4 rings (SSSR count). The highest BCUT2D eigenvalue weighted by molar-refractivity contribution is 7.09. The Bertz CT molecular complexity index is 886. The number of piperidine rings is 1. The van der Waals surface area contributed by atoms with E-state index < -0.39 is 0 Å². The molecule has 2 aliphatic rings. The van der Waals surface area contributed by atoms with Gasteiger partial charge in [-0.3, -0.25) is 4.79 Å². The normalized spacial score (nSPS) is 19.3. The highest BCUT2D eigenvalue weighted by Gasteiger charge is 2.28. The minimum Gasteiger partial charge on any atom is -0.497 e. The third-order valence-corrected chi connectivity index (χ3v) is 7.26. The average Bonchev–Trinajstić information content (AvgIpc) is 3.46. The molecule has 1 aromatic heterocycles. The van der Waals surface area contributed by atoms with Gasteiger partial charge in [0.2, 0.25) is 0 Å². The number of benzene rings is 1. The summed E-state index contributed by atoms with van der Waals surface area (Å²) in [6, 6.07) is 6.06. The van der Waals surface area contributed by atoms with Crippen molar-refractivity contribution >= 4 is 17.2 Å². The molecule has 7 heteroatoms. The van der Waals surface area contributed by atoms with Crippen LogP contribution in [0.4, 0.5) is 0 Å². The van der Waals surface area contributed by atoms with Gasteiger partial charge in [0.25, 0.3) is 5.91 Å². The number of ether oxygens (including phenoxy) is 2. The molecule has 1 saturated heterocycles. The molecular formula is C24H33N3O3S. The van der Waals surface area contributed by atoms with Crippen molar-refractivity contribution in [2.45, 2.75) is 70.6 Å². The lowest BCUT2D eigenvalue weighted by Gasteiger charge is -2.36. The summed E-state index contributed by atoms with van der Waals surface area (Å²) in [6.07, 6.45) is 7.54. The molecule has 1 aliphatic carbocycles. The van der Waals surface area contributed by atoms with E-state index in [4.69, 9.17) is 9.47 Å². The van der Waals surface area contributed by atoms with Crippen molar-refractivity contribution in [2.24, 2.45) is 0 Å². The number of aryl methyl sites for hydroxylation is 1. The number of rotatable bonds is 7. The van der Waals surface area contributed by atoms with Crippen LogP contribution in [0.5, 0.6) is 11.5 Å². The minimum atomic E-state index is -0.175. The van der Waals surface area contributed by atoms with Crippen LogP contribution in [0.2, 0.25) is 0 Å². The van der Waals surface area contributed by atoms with Crippen LogP contribution in [0.15, 0.2) is 23.6 Å². The van der Waals surface area contributed by atoms with Crippen molar-refractivity contribution in [1.82, 2.24) is 15.2 Å². The lowest BCUT2D eigenvalue weighted by atomic mass is 10.0. The van der Waals surface area contributed by atoms with Crippen LogP contribution < -0.4 is 14.8 Å². The molecule has 6 nitrogen and oxygen atoms in total. The predicted molar refractivity (Wildman–Crippen MR) is 123 cm³/mol. The Morgan fingerprint density at radius 2 is 1.97 bits per heavy atom. The van der Waals surface area contributed by atoms with Gasteiger partial charge < -0.3 is 19.7 Å². The van der Waals surface area contributed by atoms with Gasteiger partial charge in [-0.25, -0.2) is 4.98 Å². The Hall–Kier alpha value is -2.12. The Kier molecular flexibility index (Phi) is 7.13. The predicted octanol–water partition coefficient (Wildman–Crippen LogP) is 4.74. The van der Waals surface area contributed by atoms with Gasteiger partial charge in [0, 0.05) is 24.5 Å². The van der Waals surface area contributed by atoms with Crippen molar-refractivity contribution in [2.75, 3.05) is 20.2 Å². The summed E-state index contributed by atoms with van der Waals surface area (Å²) in [4.78, 5) is 20.2. The topological polar surface area (TPSA) is 63.7 Å². The van der Waals surface area contributed by atoms with Gasteiger partial charge in [0.1, 0.15) is 17.6 Å². The molecule has 31 heavy (non-hydrogen) atoms. The summed E-state index contributed by atoms with van der Waals surface area (Å²) >= 11 is 1.59. The fraction of sp³-hybridized carbons (Fsp3) is 0.583. The van der Waals surface area contributed by atoms with E-state index in [1.165, 1.54) is 25.7 Å². The van der Waals surface area contributed by atoms with E-state index in [-0.39, 0.29) is 18.1 Å². The Morgan fingerprint density at radius 3 is 2.61 bits per heavy atom. The first-order valence-electron chi connectivity index (χ1n) is 11.3. The summed E-state index contributed by atoms with van der Waals surface area (Å²) in [7, 11) is 1.61. The van der Waals surface area contributed by atoms with Crippen LogP contribution in [0.25, 0.3) is 0 Å². The molecule has 1 N–H and O–H groups in total. The smallest absolute Gasteiger partial charge is 0.255 e. The zero-order valence-corrected chi connectivity index (χ0v) is 19.5. The maximum Gasteiger partial charge on any atom is 0.255 e. The molecule has 0 bridgehead atoms. The molecule has 1 saturated carbocycles. The third-order valence-electron chi connectivity index (χ3n) is 6.47. The van der Waals surface area contributed by atoms with Gasteiger partial charge in [-0.15, -0.1) is 11.3 Å². The molecule has 0 spiro atoms. The van der Waals surface area contributed by atoms with Crippen molar-refractivity contribution in [3.63, 3.8) is 0 Å². The quantitative estimate of drug-likeness (QED) is 0.670. The Labute approximate surface area is 189 Å². The zero-order valence-electron chi connectivity index (χ0n) is 18.7. The number of hydrogen-bond acceptors (Lipinski definition) is 6. The van der Waals surface area contributed by atoms with Gasteiger partial charge in [-0.2, -0.15) is 0 Å². The number of carbonyl (C=O) groups is 1. The van der Waals surface area contributed by atoms with E-state index in [2.05, 4.69) is 15.2 Å². The molecule has 0 radical (unpaired) electrons. The largest absolute Gasteiger partial charge is 0.497 e. The highest BCUT2D eigenvalue weighted by Crippen LogP contribution is 2.30. The van der Waals surface area contributed by atoms with Crippen molar-refractivity contribution in [3.05, 3.63) is 39.8 Å². The second kappa shape index (κ2) is 10.0. The van der Waals surface area contributed by atoms with Crippen molar-refractivity contribution in [1.29, 1.82) is 0 Å². The lowest BCUT2D eigenvalue weighted by molar-refractivity contribution is 0.0748. The zero-order chi connectivity index (χ0) is 21.8. The van der Waals surface area contributed by atoms with E-state index in [0.29, 0.717) is 17.1 Å². The SMILES string of the molecule is COc1ccc(OC2CCN(C3CCCC3)CC2)c(C(=O)N[C@@H](C)c2csc(C)n2)c1. The molecule has 2 heterocycles. The molecule has 1 atom stereocenters. The van der Waals surface area contributed by atoms with Crippen LogP contribution in [0, 0.1) is 6.92 Å². The minimum absolute atomic E-state index is 0.135. The number of thiazole rings is 1. The molecule has 1 amide bonds. The summed E-state index contributed by atoms with van der Waals surface area (Å²) in [5.74, 6) is 1.10. The molecule has 0 unspecified atom stereocenters. The molecular weight excluding hydrogens is 410 g/mol. The summed E-state index contributed by atoms with van der Waals surface area (Å²) in [5, 5.41) is 6.04. The van der Waals surface area contributed by atoms with Crippen LogP contribution in [0.1, 0.15) is 72.6 Å². The Balaban J connectivity index is 1.42. The van der Waals surface area contributed by atoms with Gasteiger partial charge in [-0.1, -0.05) is 12.8 Å². The number of carbonyl (C=O) groups excluding carboxylic acids is 1. The van der Waals surface area contributed by atoms with E-state index in [1.807, 2.05) is 31.4 Å². The van der Waals surface area contributed by atoms with Gasteiger partial charge in [-0.05, 0) is 57.7 Å². The van der Waals surface area contributed by atoms with E-state index in [0.717, 1.165) is 42.7 Å². The monoisotopic (exact) mass is 443 g/mol. The van der Waals surface area contributed by atoms with E-state index in [9.17, 15) is 4.79 Å². The average molecular weight is 444 g/mol. The number of nitrogens with one attached hydrogen (secondary N) is 1. The summed E-state index contributed by atoms with van der Waals surface area (Å²) in [5.41, 5.74) is 1.39. The first-order chi connectivity index (χ1) is 15.0. The first kappa shape index (κ1) is 22.1.